The number of nitrogen functional groups attached to an aromatic ring is 1. The van der Waals surface area contributed by atoms with E-state index in [-0.39, 0.29) is 11.9 Å². The van der Waals surface area contributed by atoms with Gasteiger partial charge in [0.1, 0.15) is 17.7 Å². The number of hydrogen-bond acceptors (Lipinski definition) is 2. The summed E-state index contributed by atoms with van der Waals surface area (Å²) < 4.78 is 5.82. The minimum atomic E-state index is -0.00521. The Hall–Kier alpha value is -2.29. The summed E-state index contributed by atoms with van der Waals surface area (Å²) >= 11 is 0. The van der Waals surface area contributed by atoms with Crippen LogP contribution in [0.3, 0.4) is 0 Å². The smallest absolute Gasteiger partial charge is 0.122 e. The van der Waals surface area contributed by atoms with Crippen molar-refractivity contribution in [2.75, 3.05) is 0 Å². The maximum atomic E-state index is 7.32. The molecule has 0 spiro atoms. The number of nitrogens with two attached hydrogens (primary N) is 1. The van der Waals surface area contributed by atoms with Crippen LogP contribution in [0.25, 0.3) is 0 Å². The van der Waals surface area contributed by atoms with E-state index in [4.69, 9.17) is 15.9 Å². The first-order chi connectivity index (χ1) is 8.66. The molecule has 18 heavy (non-hydrogen) atoms. The largest absolute Gasteiger partial charge is 0.486 e. The Morgan fingerprint density at radius 3 is 2.22 bits per heavy atom. The van der Waals surface area contributed by atoms with Crippen molar-refractivity contribution >= 4 is 5.84 Å². The molecule has 0 fully saturated rings. The molecule has 0 saturated heterocycles. The van der Waals surface area contributed by atoms with Gasteiger partial charge in [0.2, 0.25) is 0 Å². The van der Waals surface area contributed by atoms with Crippen LogP contribution in [0.1, 0.15) is 24.2 Å². The van der Waals surface area contributed by atoms with E-state index < -0.39 is 0 Å². The maximum absolute atomic E-state index is 7.32. The van der Waals surface area contributed by atoms with Gasteiger partial charge in [0, 0.05) is 5.56 Å². The van der Waals surface area contributed by atoms with Gasteiger partial charge in [-0.1, -0.05) is 30.3 Å². The molecule has 0 radical (unpaired) electrons. The Bertz CT molecular complexity index is 520. The quantitative estimate of drug-likeness (QED) is 0.637. The zero-order valence-electron chi connectivity index (χ0n) is 10.3. The second-order valence-electron chi connectivity index (χ2n) is 4.11. The van der Waals surface area contributed by atoms with Gasteiger partial charge >= 0.3 is 0 Å². The van der Waals surface area contributed by atoms with Gasteiger partial charge < -0.3 is 10.5 Å². The zero-order valence-corrected chi connectivity index (χ0v) is 10.3. The van der Waals surface area contributed by atoms with Crippen LogP contribution in [0, 0.1) is 5.41 Å². The van der Waals surface area contributed by atoms with E-state index in [9.17, 15) is 0 Å². The van der Waals surface area contributed by atoms with Crippen molar-refractivity contribution in [3.63, 3.8) is 0 Å². The van der Waals surface area contributed by atoms with Crippen LogP contribution in [0.4, 0.5) is 0 Å². The lowest BCUT2D eigenvalue weighted by Crippen LogP contribution is -2.10. The summed E-state index contributed by atoms with van der Waals surface area (Å²) in [5.41, 5.74) is 7.23. The lowest BCUT2D eigenvalue weighted by Gasteiger charge is -2.15. The standard InChI is InChI=1S/C15H16N2O/c1-11(12-5-3-2-4-6-12)18-14-9-7-13(8-10-14)15(16)17/h2-11H,1H3,(H3,16,17). The predicted molar refractivity (Wildman–Crippen MR) is 72.9 cm³/mol. The Morgan fingerprint density at radius 2 is 1.67 bits per heavy atom. The molecule has 3 heteroatoms. The van der Waals surface area contributed by atoms with Crippen molar-refractivity contribution in [2.45, 2.75) is 13.0 Å². The molecule has 2 aromatic rings. The molecule has 0 aromatic heterocycles. The van der Waals surface area contributed by atoms with Gasteiger partial charge in [-0.3, -0.25) is 5.41 Å². The molecular formula is C15H16N2O. The third-order valence-corrected chi connectivity index (χ3v) is 2.75. The highest BCUT2D eigenvalue weighted by Crippen LogP contribution is 2.21. The lowest BCUT2D eigenvalue weighted by atomic mass is 10.1. The number of benzene rings is 2. The molecule has 92 valence electrons. The summed E-state index contributed by atoms with van der Waals surface area (Å²) in [5, 5.41) is 7.32. The molecule has 0 heterocycles. The van der Waals surface area contributed by atoms with Crippen molar-refractivity contribution in [2.24, 2.45) is 5.73 Å². The van der Waals surface area contributed by atoms with Gasteiger partial charge in [-0.2, -0.15) is 0 Å². The molecule has 0 saturated carbocycles. The van der Waals surface area contributed by atoms with Crippen LogP contribution in [0.15, 0.2) is 54.6 Å². The van der Waals surface area contributed by atoms with E-state index in [1.54, 1.807) is 12.1 Å². The molecule has 0 bridgehead atoms. The average Bonchev–Trinajstić information content (AvgIpc) is 2.40. The molecule has 0 aliphatic heterocycles. The van der Waals surface area contributed by atoms with Gasteiger partial charge in [-0.05, 0) is 36.8 Å². The highest BCUT2D eigenvalue weighted by atomic mass is 16.5. The Labute approximate surface area is 107 Å². The van der Waals surface area contributed by atoms with Crippen molar-refractivity contribution in [3.8, 4) is 5.75 Å². The van der Waals surface area contributed by atoms with Crippen LogP contribution in [-0.4, -0.2) is 5.84 Å². The first kappa shape index (κ1) is 12.2. The third-order valence-electron chi connectivity index (χ3n) is 2.75. The van der Waals surface area contributed by atoms with Crippen LogP contribution in [0.2, 0.25) is 0 Å². The van der Waals surface area contributed by atoms with E-state index in [1.807, 2.05) is 49.4 Å². The van der Waals surface area contributed by atoms with Crippen molar-refractivity contribution < 1.29 is 4.74 Å². The van der Waals surface area contributed by atoms with Gasteiger partial charge in [-0.25, -0.2) is 0 Å². The Morgan fingerprint density at radius 1 is 1.06 bits per heavy atom. The van der Waals surface area contributed by atoms with E-state index in [0.717, 1.165) is 11.3 Å². The van der Waals surface area contributed by atoms with Gasteiger partial charge in [0.25, 0.3) is 0 Å². The van der Waals surface area contributed by atoms with Crippen molar-refractivity contribution in [3.05, 3.63) is 65.7 Å². The van der Waals surface area contributed by atoms with Crippen molar-refractivity contribution in [1.82, 2.24) is 0 Å². The predicted octanol–water partition coefficient (Wildman–Crippen LogP) is 3.11. The number of hydrogen-bond donors (Lipinski definition) is 2. The van der Waals surface area contributed by atoms with Gasteiger partial charge in [0.15, 0.2) is 0 Å². The normalized spacial score (nSPS) is 11.8. The van der Waals surface area contributed by atoms with Gasteiger partial charge in [0.05, 0.1) is 0 Å². The first-order valence-corrected chi connectivity index (χ1v) is 5.83. The highest BCUT2D eigenvalue weighted by Gasteiger charge is 2.06. The topological polar surface area (TPSA) is 59.1 Å². The summed E-state index contributed by atoms with van der Waals surface area (Å²) in [6.45, 7) is 2.01. The molecule has 2 aromatic carbocycles. The lowest BCUT2D eigenvalue weighted by molar-refractivity contribution is 0.227. The molecule has 0 aliphatic carbocycles. The number of ether oxygens (including phenoxy) is 1. The second kappa shape index (κ2) is 5.36. The van der Waals surface area contributed by atoms with E-state index in [2.05, 4.69) is 0 Å². The molecule has 1 unspecified atom stereocenters. The minimum absolute atomic E-state index is 0.00521. The Balaban J connectivity index is 2.08. The Kier molecular flexibility index (Phi) is 3.63. The monoisotopic (exact) mass is 240 g/mol. The van der Waals surface area contributed by atoms with Crippen LogP contribution in [-0.2, 0) is 0 Å². The number of nitrogens with one attached hydrogen (secondary N) is 1. The molecule has 3 nitrogen and oxygen atoms in total. The summed E-state index contributed by atoms with van der Waals surface area (Å²) in [4.78, 5) is 0. The second-order valence-corrected chi connectivity index (χ2v) is 4.11. The van der Waals surface area contributed by atoms with Crippen LogP contribution >= 0.6 is 0 Å². The summed E-state index contributed by atoms with van der Waals surface area (Å²) in [6.07, 6.45) is -0.00521. The fourth-order valence-corrected chi connectivity index (χ4v) is 1.71. The van der Waals surface area contributed by atoms with Gasteiger partial charge in [-0.15, -0.1) is 0 Å². The van der Waals surface area contributed by atoms with E-state index in [1.165, 1.54) is 0 Å². The summed E-state index contributed by atoms with van der Waals surface area (Å²) in [6, 6.07) is 17.3. The number of rotatable bonds is 4. The molecule has 3 N–H and O–H groups in total. The average molecular weight is 240 g/mol. The molecule has 1 atom stereocenters. The maximum Gasteiger partial charge on any atom is 0.122 e. The van der Waals surface area contributed by atoms with Crippen LogP contribution < -0.4 is 10.5 Å². The van der Waals surface area contributed by atoms with Crippen molar-refractivity contribution in [1.29, 1.82) is 5.41 Å². The molecule has 2 rings (SSSR count). The molecule has 0 amide bonds. The van der Waals surface area contributed by atoms with Crippen LogP contribution in [0.5, 0.6) is 5.75 Å². The summed E-state index contributed by atoms with van der Waals surface area (Å²) in [5.74, 6) is 0.842. The highest BCUT2D eigenvalue weighted by molar-refractivity contribution is 5.94. The van der Waals surface area contributed by atoms with E-state index in [0.29, 0.717) is 5.56 Å². The zero-order chi connectivity index (χ0) is 13.0. The SMILES string of the molecule is CC(Oc1ccc(C(=N)N)cc1)c1ccccc1. The minimum Gasteiger partial charge on any atom is -0.486 e. The molecule has 0 aliphatic rings. The van der Waals surface area contributed by atoms with E-state index >= 15 is 0 Å². The molecular weight excluding hydrogens is 224 g/mol. The fourth-order valence-electron chi connectivity index (χ4n) is 1.71. The summed E-state index contributed by atoms with van der Waals surface area (Å²) in [7, 11) is 0. The third kappa shape index (κ3) is 2.88. The number of amidine groups is 1. The first-order valence-electron chi connectivity index (χ1n) is 5.83. The fraction of sp³-hybridized carbons (Fsp3) is 0.133.